The number of hydrogen-bond donors (Lipinski definition) is 6. The molecule has 0 aromatic carbocycles. The zero-order chi connectivity index (χ0) is 71.1. The van der Waals surface area contributed by atoms with E-state index in [1.807, 2.05) is 41.5 Å². The molecule has 7 N–H and O–H groups in total. The Balaban J connectivity index is 4.38. The molecular formula is C65H116N12O15. The number of aliphatic hydroxyl groups is 1. The number of amides is 12. The summed E-state index contributed by atoms with van der Waals surface area (Å²) in [5.74, 6) is -10.5. The lowest BCUT2D eigenvalue weighted by atomic mass is 9.91. The van der Waals surface area contributed by atoms with Gasteiger partial charge in [0.15, 0.2) is 0 Å². The van der Waals surface area contributed by atoms with Crippen LogP contribution >= 0.6 is 0 Å². The van der Waals surface area contributed by atoms with Gasteiger partial charge < -0.3 is 75.9 Å². The number of carbonyl (C=O) groups is 12. The number of hydrogen-bond acceptors (Lipinski definition) is 15. The van der Waals surface area contributed by atoms with Gasteiger partial charge in [0, 0.05) is 55.9 Å². The number of carbonyl (C=O) groups excluding carboxylic acids is 12. The van der Waals surface area contributed by atoms with Gasteiger partial charge in [0.05, 0.1) is 25.4 Å². The van der Waals surface area contributed by atoms with E-state index in [9.17, 15) is 53.1 Å². The first-order valence-electron chi connectivity index (χ1n) is 32.5. The Kier molecular flexibility index (Phi) is 35.2. The number of rotatable bonds is 20. The third-order valence-corrected chi connectivity index (χ3v) is 16.9. The van der Waals surface area contributed by atoms with Crippen molar-refractivity contribution in [3.05, 3.63) is 12.2 Å². The van der Waals surface area contributed by atoms with Gasteiger partial charge in [0.25, 0.3) is 0 Å². The van der Waals surface area contributed by atoms with Crippen molar-refractivity contribution in [2.75, 3.05) is 69.1 Å². The summed E-state index contributed by atoms with van der Waals surface area (Å²) in [5.41, 5.74) is 5.11. The highest BCUT2D eigenvalue weighted by atomic mass is 16.5. The van der Waals surface area contributed by atoms with Gasteiger partial charge in [0.2, 0.25) is 65.0 Å². The van der Waals surface area contributed by atoms with Crippen LogP contribution in [0, 0.1) is 35.5 Å². The predicted octanol–water partition coefficient (Wildman–Crippen LogP) is 2.50. The van der Waals surface area contributed by atoms with Crippen LogP contribution < -0.4 is 27.0 Å². The van der Waals surface area contributed by atoms with Gasteiger partial charge in [-0.1, -0.05) is 95.2 Å². The molecule has 0 aliphatic carbocycles. The maximum Gasteiger partial charge on any atom is 0.404 e. The highest BCUT2D eigenvalue weighted by Gasteiger charge is 2.46. The zero-order valence-electron chi connectivity index (χ0n) is 59.5. The first-order valence-corrected chi connectivity index (χ1v) is 32.5. The fourth-order valence-corrected chi connectivity index (χ4v) is 11.2. The molecular weight excluding hydrogens is 1190 g/mol. The second-order valence-corrected chi connectivity index (χ2v) is 26.8. The van der Waals surface area contributed by atoms with Gasteiger partial charge in [-0.2, -0.15) is 0 Å². The van der Waals surface area contributed by atoms with Crippen molar-refractivity contribution < 1.29 is 72.1 Å². The molecule has 526 valence electrons. The molecule has 0 aromatic rings. The van der Waals surface area contributed by atoms with Crippen LogP contribution in [0.15, 0.2) is 12.2 Å². The maximum absolute atomic E-state index is 15.2. The molecule has 0 radical (unpaired) electrons. The summed E-state index contributed by atoms with van der Waals surface area (Å²) in [6.45, 7) is 26.7. The number of nitrogens with one attached hydrogen (secondary N) is 4. The minimum Gasteiger partial charge on any atom is -0.450 e. The topological polar surface area (TPSA) is 340 Å². The van der Waals surface area contributed by atoms with Crippen LogP contribution in [0.25, 0.3) is 0 Å². The van der Waals surface area contributed by atoms with Gasteiger partial charge in [-0.05, 0) is 108 Å². The zero-order valence-corrected chi connectivity index (χ0v) is 59.5. The Hall–Kier alpha value is -6.90. The summed E-state index contributed by atoms with van der Waals surface area (Å²) in [6.07, 6.45) is 1.27. The van der Waals surface area contributed by atoms with E-state index in [1.54, 1.807) is 60.6 Å². The van der Waals surface area contributed by atoms with E-state index in [1.165, 1.54) is 89.7 Å². The number of nitrogens with zero attached hydrogens (tertiary/aromatic N) is 7. The minimum absolute atomic E-state index is 0.00893. The number of primary amides is 1. The molecule has 12 amide bonds. The molecule has 1 heterocycles. The van der Waals surface area contributed by atoms with Crippen molar-refractivity contribution in [1.29, 1.82) is 0 Å². The van der Waals surface area contributed by atoms with E-state index < -0.39 is 168 Å². The quantitative estimate of drug-likeness (QED) is 0.0754. The van der Waals surface area contributed by atoms with Gasteiger partial charge >= 0.3 is 6.09 Å². The lowest BCUT2D eigenvalue weighted by Gasteiger charge is -2.41. The molecule has 27 nitrogen and oxygen atoms in total. The van der Waals surface area contributed by atoms with Gasteiger partial charge in [-0.3, -0.25) is 52.7 Å². The Labute approximate surface area is 547 Å². The molecule has 27 heteroatoms. The number of ether oxygens (including phenoxy) is 2. The molecule has 0 bridgehead atoms. The molecule has 0 saturated carbocycles. The first-order chi connectivity index (χ1) is 42.6. The summed E-state index contributed by atoms with van der Waals surface area (Å²) >= 11 is 0. The van der Waals surface area contributed by atoms with E-state index in [0.717, 1.165) is 14.7 Å². The summed E-state index contributed by atoms with van der Waals surface area (Å²) < 4.78 is 10.9. The molecule has 1 aliphatic heterocycles. The SMILES string of the molecule is C/C=C/C[C@@H](C)[C@@H](O)[C@H]1C(=O)N[C@@H](CC)C(=O)N(C)CC(=O)N(C)[C@@H]([C@@H](C)OCCCCOC(N)=O)C(=O)N[C@@H](C(C)C)C(=O)N(C)[C@@H](CC(C)C)C(=O)N[C@@H](C)C(=O)N[C@H](C)C(=O)N(C)[C@@H](CC(C)C)C(=O)N(C)[C@H](CC(C)C)C(=O)N(C)[C@@H](C(C)C)C(=O)N1C. The fourth-order valence-electron chi connectivity index (χ4n) is 11.2. The third-order valence-electron chi connectivity index (χ3n) is 16.9. The number of aliphatic hydroxyl groups excluding tert-OH is 1. The molecule has 92 heavy (non-hydrogen) atoms. The van der Waals surface area contributed by atoms with Crippen molar-refractivity contribution in [3.63, 3.8) is 0 Å². The number of likely N-dealkylation sites (N-methyl/N-ethyl adjacent to an activating group) is 7. The van der Waals surface area contributed by atoms with Crippen LogP contribution in [0.2, 0.25) is 0 Å². The molecule has 1 rings (SSSR count). The Morgan fingerprint density at radius 1 is 0.543 bits per heavy atom. The normalized spacial score (nSPS) is 26.0. The monoisotopic (exact) mass is 1300 g/mol. The van der Waals surface area contributed by atoms with Crippen LogP contribution in [0.5, 0.6) is 0 Å². The molecule has 0 aromatic heterocycles. The van der Waals surface area contributed by atoms with Crippen molar-refractivity contribution in [2.24, 2.45) is 41.2 Å². The molecule has 0 spiro atoms. The third kappa shape index (κ3) is 24.2. The van der Waals surface area contributed by atoms with E-state index >= 15 is 9.59 Å². The van der Waals surface area contributed by atoms with Crippen LogP contribution in [0.1, 0.15) is 156 Å². The van der Waals surface area contributed by atoms with E-state index in [0.29, 0.717) is 12.8 Å². The molecule has 1 fully saturated rings. The van der Waals surface area contributed by atoms with Crippen molar-refractivity contribution in [2.45, 2.75) is 228 Å². The standard InChI is InChI=1S/C65H116N12O15/c1-24-26-29-41(13)54(79)53-58(83)69-45(25-2)60(85)71(17)35-49(78)75(21)52(44(16)91-30-27-28-31-92-65(66)90)57(82)70-50(39(9)10)63(88)72(18)46(32-36(3)4)56(81)67-42(14)55(80)68-43(15)59(84)73(19)47(33-37(5)6)61(86)74(20)48(34-38(7)8)62(87)76(22)51(40(11)12)64(89)77(53)23/h24,26,36-48,50-54,79H,25,27-35H2,1-23H3,(H2,66,90)(H,67,81)(H,68,80)(H,69,83)(H,70,82)/b26-24+/t41-,42+,43-,44-,45+,46+,47+,48-,50+,51+,52+,53+,54-/m1/s1. The molecule has 1 aliphatic rings. The van der Waals surface area contributed by atoms with Crippen molar-refractivity contribution in [3.8, 4) is 0 Å². The second-order valence-electron chi connectivity index (χ2n) is 26.8. The Morgan fingerprint density at radius 2 is 1.01 bits per heavy atom. The Bertz CT molecular complexity index is 2530. The minimum atomic E-state index is -1.66. The number of nitrogens with two attached hydrogens (primary N) is 1. The fraction of sp³-hybridized carbons (Fsp3) is 0.785. The van der Waals surface area contributed by atoms with Crippen molar-refractivity contribution in [1.82, 2.24) is 55.6 Å². The van der Waals surface area contributed by atoms with E-state index in [2.05, 4.69) is 21.3 Å². The average molecular weight is 1310 g/mol. The highest BCUT2D eigenvalue weighted by molar-refractivity contribution is 5.99. The van der Waals surface area contributed by atoms with Gasteiger partial charge in [-0.15, -0.1) is 0 Å². The van der Waals surface area contributed by atoms with Crippen LogP contribution in [0.3, 0.4) is 0 Å². The van der Waals surface area contributed by atoms with Crippen LogP contribution in [-0.4, -0.2) is 252 Å². The van der Waals surface area contributed by atoms with Gasteiger partial charge in [0.1, 0.15) is 60.4 Å². The molecule has 0 unspecified atom stereocenters. The smallest absolute Gasteiger partial charge is 0.404 e. The average Bonchev–Trinajstić information content (AvgIpc) is 0.831. The number of unbranched alkanes of at least 4 members (excludes halogenated alkanes) is 1. The lowest BCUT2D eigenvalue weighted by Crippen LogP contribution is -2.63. The van der Waals surface area contributed by atoms with Crippen molar-refractivity contribution >= 4 is 71.1 Å². The summed E-state index contributed by atoms with van der Waals surface area (Å²) in [6, 6.07) is -13.1. The largest absolute Gasteiger partial charge is 0.450 e. The summed E-state index contributed by atoms with van der Waals surface area (Å²) in [5, 5.41) is 23.0. The molecule has 1 saturated heterocycles. The van der Waals surface area contributed by atoms with Crippen LogP contribution in [-0.2, 0) is 62.2 Å². The van der Waals surface area contributed by atoms with Crippen LogP contribution in [0.4, 0.5) is 4.79 Å². The second kappa shape index (κ2) is 39.0. The maximum atomic E-state index is 15.2. The van der Waals surface area contributed by atoms with Gasteiger partial charge in [-0.25, -0.2) is 4.79 Å². The predicted molar refractivity (Wildman–Crippen MR) is 349 cm³/mol. The Morgan fingerprint density at radius 3 is 1.50 bits per heavy atom. The first kappa shape index (κ1) is 83.1. The molecule has 13 atom stereocenters. The lowest BCUT2D eigenvalue weighted by molar-refractivity contribution is -0.157. The highest BCUT2D eigenvalue weighted by Crippen LogP contribution is 2.26. The summed E-state index contributed by atoms with van der Waals surface area (Å²) in [7, 11) is 9.66. The van der Waals surface area contributed by atoms with E-state index in [4.69, 9.17) is 15.2 Å². The van der Waals surface area contributed by atoms with E-state index in [-0.39, 0.29) is 63.1 Å². The number of allylic oxidation sites excluding steroid dienone is 2. The summed E-state index contributed by atoms with van der Waals surface area (Å²) in [4.78, 5) is 181.